The topological polar surface area (TPSA) is 47.6 Å². The number of hydrogen-bond donors (Lipinski definition) is 0. The average molecular weight is 691 g/mol. The van der Waals surface area contributed by atoms with Gasteiger partial charge in [0.2, 0.25) is 0 Å². The van der Waals surface area contributed by atoms with E-state index in [0.29, 0.717) is 11.1 Å². The van der Waals surface area contributed by atoms with E-state index in [1.54, 1.807) is 0 Å². The van der Waals surface area contributed by atoms with E-state index in [1.807, 2.05) is 94.8 Å². The van der Waals surface area contributed by atoms with E-state index in [0.717, 1.165) is 11.1 Å². The highest BCUT2D eigenvalue weighted by atomic mass is 32.2. The lowest BCUT2D eigenvalue weighted by molar-refractivity contribution is 0.564. The summed E-state index contributed by atoms with van der Waals surface area (Å²) < 4.78 is 5.42. The van der Waals surface area contributed by atoms with Gasteiger partial charge in [-0.15, -0.1) is 23.5 Å². The van der Waals surface area contributed by atoms with Crippen molar-refractivity contribution < 1.29 is 0 Å². The Morgan fingerprint density at radius 1 is 0.455 bits per heavy atom. The molecular weight excluding hydrogens is 653 g/mol. The summed E-state index contributed by atoms with van der Waals surface area (Å²) in [6, 6.07) is 20.8. The first-order valence-electron chi connectivity index (χ1n) is 15.5. The fourth-order valence-corrected chi connectivity index (χ4v) is 13.9. The molecule has 2 aromatic carbocycles. The van der Waals surface area contributed by atoms with Crippen LogP contribution in [0.25, 0.3) is 11.1 Å². The number of thioether (sulfide) groups is 6. The van der Waals surface area contributed by atoms with E-state index < -0.39 is 0 Å². The number of benzene rings is 2. The first kappa shape index (κ1) is 33.8. The van der Waals surface area contributed by atoms with Crippen molar-refractivity contribution in [3.8, 4) is 12.1 Å². The van der Waals surface area contributed by atoms with E-state index in [1.165, 1.54) is 114 Å². The van der Waals surface area contributed by atoms with E-state index in [4.69, 9.17) is 0 Å². The summed E-state index contributed by atoms with van der Waals surface area (Å²) >= 11 is 11.6. The summed E-state index contributed by atoms with van der Waals surface area (Å²) in [5.41, 5.74) is 6.03. The molecule has 2 nitrogen and oxygen atoms in total. The molecule has 228 valence electrons. The second kappa shape index (κ2) is 17.4. The molecule has 0 amide bonds. The van der Waals surface area contributed by atoms with Crippen molar-refractivity contribution in [1.82, 2.24) is 0 Å². The maximum Gasteiger partial charge on any atom is 0.0991 e. The molecule has 0 saturated carbocycles. The number of fused-ring (bicyclic) bond motifs is 4. The van der Waals surface area contributed by atoms with Crippen LogP contribution in [0.15, 0.2) is 75.3 Å². The Morgan fingerprint density at radius 2 is 0.795 bits per heavy atom. The second-order valence-electron chi connectivity index (χ2n) is 11.0. The molecule has 0 N–H and O–H groups in total. The van der Waals surface area contributed by atoms with Crippen LogP contribution in [0.4, 0.5) is 0 Å². The minimum Gasteiger partial charge on any atom is -0.192 e. The average Bonchev–Trinajstić information content (AvgIpc) is 3.60. The van der Waals surface area contributed by atoms with Gasteiger partial charge in [0.05, 0.1) is 40.2 Å². The van der Waals surface area contributed by atoms with Crippen LogP contribution in [0.1, 0.15) is 100 Å². The monoisotopic (exact) mass is 690 g/mol. The standard InChI is InChI=1S/C36H38N2S6/c1-25-33-39-21-11-9-7-5-3-4-6-8-10-12-22-40-34-26(2)42-36(44-34)32(30-19-15-28(24-38)16-20-30)31(35(41-25)43-33)29-17-13-27(23-37)14-18-29/h13-20H,3-12,21-22H2,1-2H3. The Bertz CT molecular complexity index is 1420. The largest absolute Gasteiger partial charge is 0.192 e. The van der Waals surface area contributed by atoms with Crippen LogP contribution in [0.3, 0.4) is 0 Å². The van der Waals surface area contributed by atoms with Gasteiger partial charge in [0.15, 0.2) is 0 Å². The van der Waals surface area contributed by atoms with E-state index in [2.05, 4.69) is 50.3 Å². The lowest BCUT2D eigenvalue weighted by Gasteiger charge is -2.19. The molecule has 0 fully saturated rings. The highest BCUT2D eigenvalue weighted by Gasteiger charge is 2.30. The molecule has 2 aromatic rings. The first-order valence-corrected chi connectivity index (χ1v) is 20.7. The first-order chi connectivity index (χ1) is 21.6. The van der Waals surface area contributed by atoms with Gasteiger partial charge in [-0.1, -0.05) is 123 Å². The number of allylic oxidation sites excluding steroid dienone is 4. The van der Waals surface area contributed by atoms with Crippen LogP contribution in [-0.2, 0) is 0 Å². The Hall–Kier alpha value is -1.52. The van der Waals surface area contributed by atoms with Gasteiger partial charge in [-0.25, -0.2) is 0 Å². The summed E-state index contributed by atoms with van der Waals surface area (Å²) in [4.78, 5) is 2.75. The molecule has 3 heterocycles. The summed E-state index contributed by atoms with van der Waals surface area (Å²) in [5.74, 6) is 2.33. The van der Waals surface area contributed by atoms with Crippen molar-refractivity contribution in [1.29, 1.82) is 10.5 Å². The molecule has 0 radical (unpaired) electrons. The molecule has 5 rings (SSSR count). The van der Waals surface area contributed by atoms with Gasteiger partial charge >= 0.3 is 0 Å². The summed E-state index contributed by atoms with van der Waals surface area (Å²) in [6.07, 6.45) is 13.4. The maximum absolute atomic E-state index is 9.54. The lowest BCUT2D eigenvalue weighted by Crippen LogP contribution is -1.96. The zero-order valence-electron chi connectivity index (χ0n) is 25.4. The van der Waals surface area contributed by atoms with Crippen LogP contribution < -0.4 is 0 Å². The van der Waals surface area contributed by atoms with Gasteiger partial charge in [-0.05, 0) is 73.6 Å². The molecule has 0 unspecified atom stereocenters. The quantitative estimate of drug-likeness (QED) is 0.309. The molecule has 0 aliphatic carbocycles. The number of nitrogens with zero attached hydrogens (tertiary/aromatic N) is 2. The normalized spacial score (nSPS) is 19.8. The van der Waals surface area contributed by atoms with Gasteiger partial charge in [-0.2, -0.15) is 10.5 Å². The van der Waals surface area contributed by atoms with Crippen LogP contribution in [-0.4, -0.2) is 11.5 Å². The Labute approximate surface area is 289 Å². The van der Waals surface area contributed by atoms with Crippen LogP contribution in [0, 0.1) is 22.7 Å². The summed E-state index contributed by atoms with van der Waals surface area (Å²) in [6.45, 7) is 4.53. The van der Waals surface area contributed by atoms with Gasteiger partial charge in [0, 0.05) is 21.0 Å². The maximum atomic E-state index is 9.54. The third-order valence-corrected chi connectivity index (χ3v) is 16.1. The zero-order valence-corrected chi connectivity index (χ0v) is 30.3. The molecule has 8 heteroatoms. The Morgan fingerprint density at radius 3 is 1.14 bits per heavy atom. The molecule has 44 heavy (non-hydrogen) atoms. The molecular formula is C36H38N2S6. The number of hydrogen-bond acceptors (Lipinski definition) is 8. The van der Waals surface area contributed by atoms with Gasteiger partial charge in [-0.3, -0.25) is 0 Å². The van der Waals surface area contributed by atoms with Crippen molar-refractivity contribution in [2.45, 2.75) is 78.1 Å². The zero-order chi connectivity index (χ0) is 30.7. The van der Waals surface area contributed by atoms with Crippen LogP contribution in [0.2, 0.25) is 0 Å². The molecule has 3 aliphatic rings. The molecule has 0 spiro atoms. The van der Waals surface area contributed by atoms with Crippen LogP contribution >= 0.6 is 70.6 Å². The summed E-state index contributed by atoms with van der Waals surface area (Å²) in [7, 11) is 0. The minimum atomic E-state index is 0.670. The predicted molar refractivity (Wildman–Crippen MR) is 203 cm³/mol. The highest BCUT2D eigenvalue weighted by Crippen LogP contribution is 2.62. The predicted octanol–water partition coefficient (Wildman–Crippen LogP) is 13.2. The lowest BCUT2D eigenvalue weighted by atomic mass is 9.93. The SMILES string of the molecule is CC1=C2SCCCCCCCCCCCCSC3=C(C)SC(=C(c4ccc(C#N)cc4)C(c4ccc(C#N)cc4)=C(S1)S2)S3. The molecule has 3 aliphatic heterocycles. The van der Waals surface area contributed by atoms with Crippen molar-refractivity contribution >= 4 is 81.7 Å². The number of rotatable bonds is 2. The smallest absolute Gasteiger partial charge is 0.0991 e. The van der Waals surface area contributed by atoms with Gasteiger partial charge in [0.1, 0.15) is 0 Å². The number of nitriles is 2. The van der Waals surface area contributed by atoms with Gasteiger partial charge < -0.3 is 0 Å². The molecule has 0 aromatic heterocycles. The fourth-order valence-electron chi connectivity index (χ4n) is 5.28. The fraction of sp³-hybridized carbons (Fsp3) is 0.389. The van der Waals surface area contributed by atoms with Crippen molar-refractivity contribution in [2.75, 3.05) is 11.5 Å². The van der Waals surface area contributed by atoms with E-state index >= 15 is 0 Å². The molecule has 0 saturated heterocycles. The van der Waals surface area contributed by atoms with E-state index in [-0.39, 0.29) is 0 Å². The highest BCUT2D eigenvalue weighted by molar-refractivity contribution is 8.36. The summed E-state index contributed by atoms with van der Waals surface area (Å²) in [5, 5.41) is 19.1. The van der Waals surface area contributed by atoms with E-state index in [9.17, 15) is 10.5 Å². The second-order valence-corrected chi connectivity index (χ2v) is 18.8. The molecule has 4 bridgehead atoms. The third kappa shape index (κ3) is 9.05. The molecule has 0 atom stereocenters. The van der Waals surface area contributed by atoms with Crippen molar-refractivity contribution in [2.24, 2.45) is 0 Å². The Kier molecular flexibility index (Phi) is 13.4. The van der Waals surface area contributed by atoms with Crippen molar-refractivity contribution in [3.63, 3.8) is 0 Å². The third-order valence-electron chi connectivity index (χ3n) is 7.71. The Balaban J connectivity index is 1.57. The van der Waals surface area contributed by atoms with Gasteiger partial charge in [0.25, 0.3) is 0 Å². The van der Waals surface area contributed by atoms with Crippen molar-refractivity contribution in [3.05, 3.63) is 97.5 Å². The minimum absolute atomic E-state index is 0.670. The van der Waals surface area contributed by atoms with Crippen LogP contribution in [0.5, 0.6) is 0 Å².